The van der Waals surface area contributed by atoms with Crippen LogP contribution in [0.25, 0.3) is 23.6 Å². The summed E-state index contributed by atoms with van der Waals surface area (Å²) in [6.45, 7) is 15.8. The molecule has 0 fully saturated rings. The average Bonchev–Trinajstić information content (AvgIpc) is 3.04. The lowest BCUT2D eigenvalue weighted by molar-refractivity contribution is 0.650. The van der Waals surface area contributed by atoms with Crippen molar-refractivity contribution in [2.24, 2.45) is 0 Å². The van der Waals surface area contributed by atoms with Crippen molar-refractivity contribution in [3.63, 3.8) is 0 Å². The second-order valence-electron chi connectivity index (χ2n) is 8.11. The van der Waals surface area contributed by atoms with E-state index in [9.17, 15) is 9.59 Å². The van der Waals surface area contributed by atoms with E-state index in [0.717, 1.165) is 28.6 Å². The van der Waals surface area contributed by atoms with E-state index in [1.54, 1.807) is 6.08 Å². The van der Waals surface area contributed by atoms with Gasteiger partial charge in [0.05, 0.1) is 5.35 Å². The summed E-state index contributed by atoms with van der Waals surface area (Å²) in [6.07, 6.45) is 6.59. The zero-order valence-corrected chi connectivity index (χ0v) is 17.4. The molecule has 2 aromatic heterocycles. The van der Waals surface area contributed by atoms with Crippen LogP contribution in [0.5, 0.6) is 0 Å². The van der Waals surface area contributed by atoms with Gasteiger partial charge in [-0.15, -0.1) is 6.58 Å². The smallest absolute Gasteiger partial charge is 0.272 e. The predicted octanol–water partition coefficient (Wildman–Crippen LogP) is 2.76. The maximum atomic E-state index is 12.4. The number of aromatic nitrogens is 3. The zero-order valence-electron chi connectivity index (χ0n) is 17.4. The molecule has 0 aliphatic carbocycles. The van der Waals surface area contributed by atoms with Crippen LogP contribution in [-0.4, -0.2) is 15.0 Å². The quantitative estimate of drug-likeness (QED) is 0.587. The number of H-pyrrole nitrogens is 3. The van der Waals surface area contributed by atoms with E-state index in [-0.39, 0.29) is 21.7 Å². The lowest BCUT2D eigenvalue weighted by Crippen LogP contribution is -2.46. The van der Waals surface area contributed by atoms with Crippen molar-refractivity contribution < 1.29 is 0 Å². The zero-order chi connectivity index (χ0) is 21.3. The van der Waals surface area contributed by atoms with Crippen molar-refractivity contribution in [1.29, 1.82) is 0 Å². The molecule has 0 saturated carbocycles. The van der Waals surface area contributed by atoms with E-state index in [4.69, 9.17) is 0 Å². The van der Waals surface area contributed by atoms with Gasteiger partial charge in [0.1, 0.15) is 5.35 Å². The van der Waals surface area contributed by atoms with Gasteiger partial charge in [0.15, 0.2) is 0 Å². The van der Waals surface area contributed by atoms with Gasteiger partial charge in [0.2, 0.25) is 0 Å². The maximum absolute atomic E-state index is 12.4. The molecule has 5 nitrogen and oxygen atoms in total. The molecule has 1 aromatic carbocycles. The molecule has 0 saturated heterocycles. The summed E-state index contributed by atoms with van der Waals surface area (Å²) in [4.78, 5) is 33.1. The van der Waals surface area contributed by atoms with Crippen LogP contribution in [0.15, 0.2) is 52.1 Å². The van der Waals surface area contributed by atoms with Gasteiger partial charge in [-0.25, -0.2) is 0 Å². The Bertz CT molecular complexity index is 1340. The van der Waals surface area contributed by atoms with Crippen LogP contribution in [0, 0.1) is 0 Å². The van der Waals surface area contributed by atoms with E-state index in [0.29, 0.717) is 0 Å². The van der Waals surface area contributed by atoms with E-state index in [2.05, 4.69) is 67.9 Å². The highest BCUT2D eigenvalue weighted by Crippen LogP contribution is 2.34. The van der Waals surface area contributed by atoms with Gasteiger partial charge >= 0.3 is 0 Å². The molecular formula is C24H27N3O2. The number of fused-ring (bicyclic) bond motifs is 1. The van der Waals surface area contributed by atoms with Crippen LogP contribution in [0.4, 0.5) is 0 Å². The third-order valence-electron chi connectivity index (χ3n) is 5.17. The normalized spacial score (nSPS) is 12.3. The van der Waals surface area contributed by atoms with E-state index < -0.39 is 5.56 Å². The lowest BCUT2D eigenvalue weighted by atomic mass is 9.86. The van der Waals surface area contributed by atoms with Gasteiger partial charge in [-0.05, 0) is 31.9 Å². The topological polar surface area (TPSA) is 81.5 Å². The number of aromatic amines is 3. The minimum Gasteiger partial charge on any atom is -0.357 e. The minimum absolute atomic E-state index is 0.0433. The number of hydrogen-bond donors (Lipinski definition) is 3. The number of nitrogens with one attached hydrogen (secondary N) is 3. The summed E-state index contributed by atoms with van der Waals surface area (Å²) >= 11 is 0. The van der Waals surface area contributed by atoms with Gasteiger partial charge in [-0.2, -0.15) is 0 Å². The fourth-order valence-electron chi connectivity index (χ4n) is 3.31. The summed E-state index contributed by atoms with van der Waals surface area (Å²) in [5, 5.41) is 1.23. The predicted molar refractivity (Wildman–Crippen MR) is 121 cm³/mol. The fourth-order valence-corrected chi connectivity index (χ4v) is 3.31. The summed E-state index contributed by atoms with van der Waals surface area (Å²) in [7, 11) is 0. The molecule has 0 unspecified atom stereocenters. The van der Waals surface area contributed by atoms with Gasteiger partial charge < -0.3 is 15.0 Å². The van der Waals surface area contributed by atoms with Gasteiger partial charge in [0, 0.05) is 27.6 Å². The lowest BCUT2D eigenvalue weighted by Gasteiger charge is -2.19. The monoisotopic (exact) mass is 389 g/mol. The molecule has 29 heavy (non-hydrogen) atoms. The molecule has 150 valence electrons. The van der Waals surface area contributed by atoms with Crippen LogP contribution in [0.2, 0.25) is 0 Å². The Balaban J connectivity index is 2.40. The highest BCUT2D eigenvalue weighted by Gasteiger charge is 2.24. The Morgan fingerprint density at radius 1 is 1.10 bits per heavy atom. The second-order valence-corrected chi connectivity index (χ2v) is 8.11. The fraction of sp³-hybridized carbons (Fsp3) is 0.250. The molecule has 0 spiro atoms. The standard InChI is InChI=1S/C24H27N3O2/c1-7-24(5,6)21-18(13-19-23(29)25-15(4)22(28)26-19)17-10-8-9-16(20(17)27-21)12-11-14(2)3/h7-11,13,27H,1,4,12H2,2-3,5-6H3,(H,25,29)(H,26,28)/b19-13-. The highest BCUT2D eigenvalue weighted by atomic mass is 16.1. The molecule has 0 aliphatic rings. The number of rotatable bonds is 5. The summed E-state index contributed by atoms with van der Waals surface area (Å²) in [6, 6.07) is 6.13. The minimum atomic E-state index is -0.413. The largest absolute Gasteiger partial charge is 0.357 e. The Morgan fingerprint density at radius 3 is 2.48 bits per heavy atom. The van der Waals surface area contributed by atoms with Crippen molar-refractivity contribution in [1.82, 2.24) is 15.0 Å². The Kier molecular flexibility index (Phi) is 5.33. The van der Waals surface area contributed by atoms with Crippen LogP contribution < -0.4 is 21.8 Å². The Morgan fingerprint density at radius 2 is 1.83 bits per heavy atom. The van der Waals surface area contributed by atoms with E-state index in [1.165, 1.54) is 11.1 Å². The molecule has 0 atom stereocenters. The average molecular weight is 389 g/mol. The van der Waals surface area contributed by atoms with Gasteiger partial charge in [0.25, 0.3) is 11.1 Å². The van der Waals surface area contributed by atoms with Crippen LogP contribution in [0.1, 0.15) is 44.5 Å². The van der Waals surface area contributed by atoms with Gasteiger partial charge in [-0.1, -0.05) is 56.4 Å². The molecule has 3 aromatic rings. The highest BCUT2D eigenvalue weighted by molar-refractivity contribution is 5.93. The SMILES string of the molecule is C=CC(C)(C)c1[nH]c2c(CC=C(C)C)cccc2c1/C=c1\[nH]c(=O)c(=C)[nH]c1=O. The summed E-state index contributed by atoms with van der Waals surface area (Å²) < 4.78 is 0. The molecule has 5 heteroatoms. The molecule has 0 aliphatic heterocycles. The van der Waals surface area contributed by atoms with Crippen molar-refractivity contribution in [2.45, 2.75) is 39.5 Å². The first-order valence-corrected chi connectivity index (χ1v) is 9.58. The van der Waals surface area contributed by atoms with Gasteiger partial charge in [-0.3, -0.25) is 9.59 Å². The van der Waals surface area contributed by atoms with Crippen LogP contribution >= 0.6 is 0 Å². The van der Waals surface area contributed by atoms with E-state index in [1.807, 2.05) is 18.2 Å². The van der Waals surface area contributed by atoms with Crippen molar-refractivity contribution in [3.8, 4) is 0 Å². The second kappa shape index (κ2) is 7.59. The Hall–Kier alpha value is -3.34. The van der Waals surface area contributed by atoms with Crippen LogP contribution in [-0.2, 0) is 11.8 Å². The molecule has 0 radical (unpaired) electrons. The molecule has 3 rings (SSSR count). The molecular weight excluding hydrogens is 362 g/mol. The van der Waals surface area contributed by atoms with Crippen molar-refractivity contribution in [2.75, 3.05) is 0 Å². The Labute approximate surface area is 169 Å². The third-order valence-corrected chi connectivity index (χ3v) is 5.17. The molecule has 0 bridgehead atoms. The molecule has 3 N–H and O–H groups in total. The van der Waals surface area contributed by atoms with Crippen molar-refractivity contribution in [3.05, 3.63) is 90.7 Å². The third kappa shape index (κ3) is 3.94. The first kappa shape index (κ1) is 20.4. The summed E-state index contributed by atoms with van der Waals surface area (Å²) in [5.41, 5.74) is 4.08. The number of para-hydroxylation sites is 1. The van der Waals surface area contributed by atoms with Crippen molar-refractivity contribution >= 4 is 23.6 Å². The number of allylic oxidation sites excluding steroid dienone is 3. The molecule has 2 heterocycles. The maximum Gasteiger partial charge on any atom is 0.272 e. The van der Waals surface area contributed by atoms with E-state index >= 15 is 0 Å². The first-order chi connectivity index (χ1) is 13.6. The molecule has 0 amide bonds. The van der Waals surface area contributed by atoms with Crippen LogP contribution in [0.3, 0.4) is 0 Å². The first-order valence-electron chi connectivity index (χ1n) is 9.58. The summed E-state index contributed by atoms with van der Waals surface area (Å²) in [5.74, 6) is 0. The number of benzene rings is 1. The number of hydrogen-bond acceptors (Lipinski definition) is 2.